The molecule has 1 atom stereocenters. The van der Waals surface area contributed by atoms with Crippen LogP contribution in [-0.4, -0.2) is 25.4 Å². The first kappa shape index (κ1) is 11.7. The Labute approximate surface area is 101 Å². The summed E-state index contributed by atoms with van der Waals surface area (Å²) in [6.07, 6.45) is 7.57. The van der Waals surface area contributed by atoms with Crippen LogP contribution in [-0.2, 0) is 6.54 Å². The zero-order chi connectivity index (χ0) is 12.3. The molecule has 1 unspecified atom stereocenters. The summed E-state index contributed by atoms with van der Waals surface area (Å²) < 4.78 is 4.04. The summed E-state index contributed by atoms with van der Waals surface area (Å²) in [6.45, 7) is 7.25. The molecule has 2 aromatic rings. The number of nitrogens with zero attached hydrogens (tertiary/aromatic N) is 4. The van der Waals surface area contributed by atoms with Gasteiger partial charge < -0.3 is 9.88 Å². The quantitative estimate of drug-likeness (QED) is 0.861. The van der Waals surface area contributed by atoms with Gasteiger partial charge in [0, 0.05) is 36.9 Å². The van der Waals surface area contributed by atoms with Crippen molar-refractivity contribution >= 4 is 5.95 Å². The topological polar surface area (TPSA) is 47.7 Å². The molecule has 2 heterocycles. The van der Waals surface area contributed by atoms with Gasteiger partial charge in [-0.15, -0.1) is 0 Å². The first-order valence-electron chi connectivity index (χ1n) is 5.93. The molecular formula is C12H19N5. The van der Waals surface area contributed by atoms with Crippen molar-refractivity contribution in [2.24, 2.45) is 0 Å². The highest BCUT2D eigenvalue weighted by Gasteiger charge is 2.09. The van der Waals surface area contributed by atoms with Crippen LogP contribution in [0.15, 0.2) is 30.9 Å². The van der Waals surface area contributed by atoms with E-state index in [4.69, 9.17) is 0 Å². The highest BCUT2D eigenvalue weighted by atomic mass is 15.3. The van der Waals surface area contributed by atoms with Crippen molar-refractivity contribution in [3.63, 3.8) is 0 Å². The molecule has 0 radical (unpaired) electrons. The lowest BCUT2D eigenvalue weighted by Crippen LogP contribution is -2.24. The Bertz CT molecular complexity index is 443. The van der Waals surface area contributed by atoms with E-state index in [-0.39, 0.29) is 6.04 Å². The van der Waals surface area contributed by atoms with Crippen molar-refractivity contribution in [3.05, 3.63) is 30.9 Å². The number of hydrogen-bond acceptors (Lipinski definition) is 3. The van der Waals surface area contributed by atoms with Gasteiger partial charge in [0.1, 0.15) is 0 Å². The van der Waals surface area contributed by atoms with Gasteiger partial charge in [-0.2, -0.15) is 5.10 Å². The van der Waals surface area contributed by atoms with E-state index in [9.17, 15) is 0 Å². The van der Waals surface area contributed by atoms with Crippen LogP contribution < -0.4 is 5.32 Å². The molecule has 0 aliphatic carbocycles. The molecule has 0 aliphatic heterocycles. The molecule has 2 rings (SSSR count). The molecule has 0 amide bonds. The van der Waals surface area contributed by atoms with E-state index in [1.54, 1.807) is 6.20 Å². The van der Waals surface area contributed by atoms with Gasteiger partial charge in [-0.25, -0.2) is 4.98 Å². The van der Waals surface area contributed by atoms with Crippen molar-refractivity contribution in [2.75, 3.05) is 5.32 Å². The Kier molecular flexibility index (Phi) is 3.46. The maximum Gasteiger partial charge on any atom is 0.203 e. The van der Waals surface area contributed by atoms with E-state index in [1.165, 1.54) is 0 Å². The molecule has 5 nitrogen and oxygen atoms in total. The number of nitrogens with one attached hydrogen (secondary N) is 1. The maximum atomic E-state index is 4.33. The van der Waals surface area contributed by atoms with E-state index < -0.39 is 0 Å². The minimum Gasteiger partial charge on any atom is -0.351 e. The molecular weight excluding hydrogens is 214 g/mol. The van der Waals surface area contributed by atoms with Crippen LogP contribution in [0.3, 0.4) is 0 Å². The van der Waals surface area contributed by atoms with Gasteiger partial charge in [-0.1, -0.05) is 0 Å². The molecule has 2 aromatic heterocycles. The third kappa shape index (κ3) is 2.87. The molecule has 0 bridgehead atoms. The van der Waals surface area contributed by atoms with Gasteiger partial charge in [-0.3, -0.25) is 4.68 Å². The van der Waals surface area contributed by atoms with Gasteiger partial charge >= 0.3 is 0 Å². The second kappa shape index (κ2) is 5.03. The average molecular weight is 233 g/mol. The first-order chi connectivity index (χ1) is 8.16. The highest BCUT2D eigenvalue weighted by Crippen LogP contribution is 2.13. The fourth-order valence-corrected chi connectivity index (χ4v) is 1.80. The molecule has 0 spiro atoms. The monoisotopic (exact) mass is 233 g/mol. The fourth-order valence-electron chi connectivity index (χ4n) is 1.80. The summed E-state index contributed by atoms with van der Waals surface area (Å²) in [6, 6.07) is 2.63. The number of hydrogen-bond donors (Lipinski definition) is 1. The maximum absolute atomic E-state index is 4.33. The van der Waals surface area contributed by atoms with Crippen molar-refractivity contribution in [1.29, 1.82) is 0 Å². The number of imidazole rings is 1. The second-order valence-electron chi connectivity index (χ2n) is 4.53. The predicted octanol–water partition coefficient (Wildman–Crippen LogP) is 2.16. The van der Waals surface area contributed by atoms with Crippen molar-refractivity contribution in [3.8, 4) is 0 Å². The zero-order valence-corrected chi connectivity index (χ0v) is 10.5. The van der Waals surface area contributed by atoms with E-state index in [0.717, 1.165) is 12.5 Å². The number of anilines is 1. The Morgan fingerprint density at radius 2 is 2.06 bits per heavy atom. The lowest BCUT2D eigenvalue weighted by atomic mass is 10.3. The van der Waals surface area contributed by atoms with Gasteiger partial charge in [0.05, 0.1) is 6.54 Å². The smallest absolute Gasteiger partial charge is 0.203 e. The Hall–Kier alpha value is -1.78. The summed E-state index contributed by atoms with van der Waals surface area (Å²) in [4.78, 5) is 4.33. The first-order valence-corrected chi connectivity index (χ1v) is 5.93. The van der Waals surface area contributed by atoms with Crippen LogP contribution in [0, 0.1) is 0 Å². The molecule has 0 saturated heterocycles. The van der Waals surface area contributed by atoms with Crippen molar-refractivity contribution in [2.45, 2.75) is 39.4 Å². The summed E-state index contributed by atoms with van der Waals surface area (Å²) in [5.41, 5.74) is 0. The van der Waals surface area contributed by atoms with Crippen molar-refractivity contribution in [1.82, 2.24) is 19.3 Å². The van der Waals surface area contributed by atoms with Crippen molar-refractivity contribution < 1.29 is 0 Å². The lowest BCUT2D eigenvalue weighted by Gasteiger charge is -2.17. The van der Waals surface area contributed by atoms with E-state index >= 15 is 0 Å². The van der Waals surface area contributed by atoms with Gasteiger partial charge in [0.2, 0.25) is 5.95 Å². The van der Waals surface area contributed by atoms with Crippen LogP contribution in [0.4, 0.5) is 5.95 Å². The fraction of sp³-hybridized carbons (Fsp3) is 0.500. The summed E-state index contributed by atoms with van der Waals surface area (Å²) in [5.74, 6) is 0.916. The Balaban J connectivity index is 1.98. The number of rotatable bonds is 5. The van der Waals surface area contributed by atoms with E-state index in [0.29, 0.717) is 6.04 Å². The highest BCUT2D eigenvalue weighted by molar-refractivity contribution is 5.27. The minimum atomic E-state index is 0.287. The normalized spacial score (nSPS) is 12.9. The number of aromatic nitrogens is 4. The summed E-state index contributed by atoms with van der Waals surface area (Å²) in [5, 5.41) is 7.59. The Morgan fingerprint density at radius 3 is 2.71 bits per heavy atom. The molecule has 1 N–H and O–H groups in total. The molecule has 0 aromatic carbocycles. The third-order valence-corrected chi connectivity index (χ3v) is 2.62. The van der Waals surface area contributed by atoms with Gasteiger partial charge in [-0.05, 0) is 26.8 Å². The standard InChI is InChI=1S/C12H19N5/c1-10(2)17-8-6-13-12(17)15-11(3)9-16-7-4-5-14-16/h4-8,10-11H,9H2,1-3H3,(H,13,15). The molecule has 17 heavy (non-hydrogen) atoms. The minimum absolute atomic E-state index is 0.287. The van der Waals surface area contributed by atoms with Gasteiger partial charge in [0.25, 0.3) is 0 Å². The van der Waals surface area contributed by atoms with E-state index in [1.807, 2.05) is 29.3 Å². The Morgan fingerprint density at radius 1 is 1.24 bits per heavy atom. The summed E-state index contributed by atoms with van der Waals surface area (Å²) in [7, 11) is 0. The third-order valence-electron chi connectivity index (χ3n) is 2.62. The average Bonchev–Trinajstić information content (AvgIpc) is 2.88. The van der Waals surface area contributed by atoms with Crippen LogP contribution in [0.1, 0.15) is 26.8 Å². The second-order valence-corrected chi connectivity index (χ2v) is 4.53. The zero-order valence-electron chi connectivity index (χ0n) is 10.5. The summed E-state index contributed by atoms with van der Waals surface area (Å²) >= 11 is 0. The lowest BCUT2D eigenvalue weighted by molar-refractivity contribution is 0.546. The van der Waals surface area contributed by atoms with E-state index in [2.05, 4.69) is 40.7 Å². The molecule has 5 heteroatoms. The SMILES string of the molecule is CC(Cn1cccn1)Nc1nccn1C(C)C. The van der Waals surface area contributed by atoms with Crippen LogP contribution in [0.2, 0.25) is 0 Å². The molecule has 92 valence electrons. The largest absolute Gasteiger partial charge is 0.351 e. The molecule has 0 aliphatic rings. The predicted molar refractivity (Wildman–Crippen MR) is 67.9 cm³/mol. The van der Waals surface area contributed by atoms with Crippen LogP contribution >= 0.6 is 0 Å². The molecule has 0 fully saturated rings. The van der Waals surface area contributed by atoms with Gasteiger partial charge in [0.15, 0.2) is 0 Å². The van der Waals surface area contributed by atoms with Crippen LogP contribution in [0.5, 0.6) is 0 Å². The molecule has 0 saturated carbocycles. The van der Waals surface area contributed by atoms with Crippen LogP contribution in [0.25, 0.3) is 0 Å².